The maximum absolute atomic E-state index is 6.53. The quantitative estimate of drug-likeness (QED) is 0.937. The van der Waals surface area contributed by atoms with Crippen molar-refractivity contribution in [1.82, 2.24) is 9.78 Å². The van der Waals surface area contributed by atoms with E-state index in [1.807, 2.05) is 4.68 Å². The molecule has 1 aliphatic heterocycles. The molecule has 0 radical (unpaired) electrons. The van der Waals surface area contributed by atoms with Gasteiger partial charge in [0, 0.05) is 19.6 Å². The largest absolute Gasteiger partial charge is 0.382 e. The minimum absolute atomic E-state index is 0.804. The van der Waals surface area contributed by atoms with Gasteiger partial charge >= 0.3 is 0 Å². The maximum Gasteiger partial charge on any atom is 0.0868 e. The zero-order valence-corrected chi connectivity index (χ0v) is 13.3. The van der Waals surface area contributed by atoms with Gasteiger partial charge in [-0.05, 0) is 25.5 Å². The number of anilines is 2. The SMILES string of the molecule is CCc1nn(CC)c(CN2CCNc3ccccc32)c1Cl. The molecule has 2 heterocycles. The van der Waals surface area contributed by atoms with Gasteiger partial charge in [-0.15, -0.1) is 0 Å². The van der Waals surface area contributed by atoms with E-state index in [1.54, 1.807) is 0 Å². The molecule has 0 aliphatic carbocycles. The van der Waals surface area contributed by atoms with E-state index in [-0.39, 0.29) is 0 Å². The first kappa shape index (κ1) is 14.3. The van der Waals surface area contributed by atoms with Crippen molar-refractivity contribution in [2.24, 2.45) is 0 Å². The van der Waals surface area contributed by atoms with Crippen molar-refractivity contribution >= 4 is 23.0 Å². The van der Waals surface area contributed by atoms with Gasteiger partial charge in [0.15, 0.2) is 0 Å². The Morgan fingerprint density at radius 1 is 1.29 bits per heavy atom. The molecule has 3 rings (SSSR count). The van der Waals surface area contributed by atoms with Crippen LogP contribution in [0.3, 0.4) is 0 Å². The predicted octanol–water partition coefficient (Wildman–Crippen LogP) is 3.55. The van der Waals surface area contributed by atoms with E-state index in [4.69, 9.17) is 11.6 Å². The Morgan fingerprint density at radius 3 is 2.86 bits per heavy atom. The van der Waals surface area contributed by atoms with Crippen LogP contribution in [0.5, 0.6) is 0 Å². The van der Waals surface area contributed by atoms with Gasteiger partial charge < -0.3 is 10.2 Å². The molecule has 0 fully saturated rings. The molecule has 1 aliphatic rings. The first-order valence-corrected chi connectivity index (χ1v) is 7.94. The van der Waals surface area contributed by atoms with E-state index >= 15 is 0 Å². The lowest BCUT2D eigenvalue weighted by Crippen LogP contribution is -2.34. The lowest BCUT2D eigenvalue weighted by molar-refractivity contribution is 0.602. The van der Waals surface area contributed by atoms with Gasteiger partial charge in [0.1, 0.15) is 0 Å². The van der Waals surface area contributed by atoms with Gasteiger partial charge in [0.05, 0.1) is 34.3 Å². The summed E-state index contributed by atoms with van der Waals surface area (Å²) >= 11 is 6.53. The van der Waals surface area contributed by atoms with Gasteiger partial charge in [-0.1, -0.05) is 30.7 Å². The van der Waals surface area contributed by atoms with Crippen LogP contribution in [0.25, 0.3) is 0 Å². The average Bonchev–Trinajstić information content (AvgIpc) is 2.83. The summed E-state index contributed by atoms with van der Waals surface area (Å²) in [5.74, 6) is 0. The molecule has 4 nitrogen and oxygen atoms in total. The zero-order chi connectivity index (χ0) is 14.8. The number of fused-ring (bicyclic) bond motifs is 1. The smallest absolute Gasteiger partial charge is 0.0868 e. The molecule has 0 unspecified atom stereocenters. The normalized spacial score (nSPS) is 14.0. The Morgan fingerprint density at radius 2 is 2.10 bits per heavy atom. The number of nitrogens with one attached hydrogen (secondary N) is 1. The van der Waals surface area contributed by atoms with E-state index in [0.717, 1.165) is 49.0 Å². The molecule has 21 heavy (non-hydrogen) atoms. The molecule has 1 N–H and O–H groups in total. The van der Waals surface area contributed by atoms with E-state index < -0.39 is 0 Å². The first-order valence-electron chi connectivity index (χ1n) is 7.56. The number of hydrogen-bond acceptors (Lipinski definition) is 3. The molecule has 0 saturated heterocycles. The highest BCUT2D eigenvalue weighted by Gasteiger charge is 2.21. The standard InChI is InChI=1S/C16H21ClN4/c1-3-12-16(17)15(21(4-2)19-12)11-20-10-9-18-13-7-5-6-8-14(13)20/h5-8,18H,3-4,9-11H2,1-2H3. The Kier molecular flexibility index (Phi) is 4.06. The van der Waals surface area contributed by atoms with E-state index in [1.165, 1.54) is 11.4 Å². The van der Waals surface area contributed by atoms with Crippen LogP contribution in [-0.2, 0) is 19.5 Å². The van der Waals surface area contributed by atoms with Crippen LogP contribution >= 0.6 is 11.6 Å². The van der Waals surface area contributed by atoms with Gasteiger partial charge in [-0.25, -0.2) is 0 Å². The minimum Gasteiger partial charge on any atom is -0.382 e. The molecule has 2 aromatic rings. The first-order chi connectivity index (χ1) is 10.2. The van der Waals surface area contributed by atoms with Crippen LogP contribution in [-0.4, -0.2) is 22.9 Å². The van der Waals surface area contributed by atoms with Crippen molar-refractivity contribution in [3.05, 3.63) is 40.7 Å². The van der Waals surface area contributed by atoms with Gasteiger partial charge in [-0.2, -0.15) is 5.10 Å². The Hall–Kier alpha value is -1.68. The Labute approximate surface area is 130 Å². The predicted molar refractivity (Wildman–Crippen MR) is 88.3 cm³/mol. The van der Waals surface area contributed by atoms with Gasteiger partial charge in [0.25, 0.3) is 0 Å². The number of aryl methyl sites for hydroxylation is 2. The average molecular weight is 305 g/mol. The number of benzene rings is 1. The molecule has 0 amide bonds. The zero-order valence-electron chi connectivity index (χ0n) is 12.6. The van der Waals surface area contributed by atoms with Crippen LogP contribution in [0.1, 0.15) is 25.2 Å². The minimum atomic E-state index is 0.804. The number of para-hydroxylation sites is 2. The van der Waals surface area contributed by atoms with Gasteiger partial charge in [-0.3, -0.25) is 4.68 Å². The lowest BCUT2D eigenvalue weighted by Gasteiger charge is -2.32. The molecule has 0 bridgehead atoms. The van der Waals surface area contributed by atoms with Crippen molar-refractivity contribution in [1.29, 1.82) is 0 Å². The number of halogens is 1. The number of rotatable bonds is 4. The summed E-state index contributed by atoms with van der Waals surface area (Å²) in [7, 11) is 0. The van der Waals surface area contributed by atoms with Crippen molar-refractivity contribution in [3.63, 3.8) is 0 Å². The molecule has 0 spiro atoms. The van der Waals surface area contributed by atoms with Crippen molar-refractivity contribution in [3.8, 4) is 0 Å². The van der Waals surface area contributed by atoms with Crippen LogP contribution in [0.2, 0.25) is 5.02 Å². The summed E-state index contributed by atoms with van der Waals surface area (Å²) in [4.78, 5) is 2.38. The van der Waals surface area contributed by atoms with E-state index in [9.17, 15) is 0 Å². The third kappa shape index (κ3) is 2.60. The molecule has 0 saturated carbocycles. The second kappa shape index (κ2) is 5.98. The van der Waals surface area contributed by atoms with Crippen LogP contribution in [0.15, 0.2) is 24.3 Å². The van der Waals surface area contributed by atoms with E-state index in [0.29, 0.717) is 0 Å². The van der Waals surface area contributed by atoms with Crippen molar-refractivity contribution < 1.29 is 0 Å². The highest BCUT2D eigenvalue weighted by atomic mass is 35.5. The number of hydrogen-bond donors (Lipinski definition) is 1. The van der Waals surface area contributed by atoms with Crippen molar-refractivity contribution in [2.75, 3.05) is 23.3 Å². The second-order valence-corrected chi connectivity index (χ2v) is 5.62. The third-order valence-electron chi connectivity index (χ3n) is 3.98. The van der Waals surface area contributed by atoms with Crippen LogP contribution < -0.4 is 10.2 Å². The summed E-state index contributed by atoms with van der Waals surface area (Å²) < 4.78 is 2.03. The monoisotopic (exact) mass is 304 g/mol. The maximum atomic E-state index is 6.53. The summed E-state index contributed by atoms with van der Waals surface area (Å²) in [6.07, 6.45) is 0.872. The Balaban J connectivity index is 1.93. The fourth-order valence-electron chi connectivity index (χ4n) is 2.86. The summed E-state index contributed by atoms with van der Waals surface area (Å²) in [6.45, 7) is 7.79. The molecule has 1 aromatic carbocycles. The third-order valence-corrected chi connectivity index (χ3v) is 4.41. The summed E-state index contributed by atoms with van der Waals surface area (Å²) in [6, 6.07) is 8.42. The topological polar surface area (TPSA) is 33.1 Å². The highest BCUT2D eigenvalue weighted by molar-refractivity contribution is 6.31. The molecule has 5 heteroatoms. The summed E-state index contributed by atoms with van der Waals surface area (Å²) in [5.41, 5.74) is 4.55. The Bertz CT molecular complexity index is 635. The van der Waals surface area contributed by atoms with E-state index in [2.05, 4.69) is 53.4 Å². The van der Waals surface area contributed by atoms with Crippen LogP contribution in [0.4, 0.5) is 11.4 Å². The molecule has 1 aromatic heterocycles. The molecular formula is C16H21ClN4. The molecule has 0 atom stereocenters. The summed E-state index contributed by atoms with van der Waals surface area (Å²) in [5, 5.41) is 8.88. The highest BCUT2D eigenvalue weighted by Crippen LogP contribution is 2.31. The molecular weight excluding hydrogens is 284 g/mol. The number of aromatic nitrogens is 2. The second-order valence-electron chi connectivity index (χ2n) is 5.24. The lowest BCUT2D eigenvalue weighted by atomic mass is 10.2. The van der Waals surface area contributed by atoms with Crippen LogP contribution in [0, 0.1) is 0 Å². The molecule has 112 valence electrons. The van der Waals surface area contributed by atoms with Crippen molar-refractivity contribution in [2.45, 2.75) is 33.4 Å². The van der Waals surface area contributed by atoms with Gasteiger partial charge in [0.2, 0.25) is 0 Å². The fraction of sp³-hybridized carbons (Fsp3) is 0.438. The number of nitrogens with zero attached hydrogens (tertiary/aromatic N) is 3. The fourth-order valence-corrected chi connectivity index (χ4v) is 3.19.